The largest absolute Gasteiger partial charge is 0.316 e. The smallest absolute Gasteiger partial charge is 0.118 e. The highest BCUT2D eigenvalue weighted by Gasteiger charge is 2.36. The van der Waals surface area contributed by atoms with Gasteiger partial charge in [-0.05, 0) is 38.4 Å². The van der Waals surface area contributed by atoms with Crippen molar-refractivity contribution in [2.24, 2.45) is 5.92 Å². The van der Waals surface area contributed by atoms with Gasteiger partial charge in [0.05, 0.1) is 15.2 Å². The maximum Gasteiger partial charge on any atom is 0.118 e. The summed E-state index contributed by atoms with van der Waals surface area (Å²) in [6.07, 6.45) is 2.48. The number of benzene rings is 1. The first-order valence-corrected chi connectivity index (χ1v) is 7.71. The van der Waals surface area contributed by atoms with Crippen molar-refractivity contribution < 1.29 is 4.39 Å². The molecule has 2 atom stereocenters. The summed E-state index contributed by atoms with van der Waals surface area (Å²) in [7, 11) is 0. The Morgan fingerprint density at radius 2 is 2.32 bits per heavy atom. The Morgan fingerprint density at radius 1 is 1.47 bits per heavy atom. The summed E-state index contributed by atoms with van der Waals surface area (Å²) < 4.78 is 16.1. The molecule has 19 heavy (non-hydrogen) atoms. The van der Waals surface area contributed by atoms with Crippen molar-refractivity contribution in [1.29, 1.82) is 0 Å². The number of alkyl halides is 1. The second-order valence-electron chi connectivity index (χ2n) is 5.57. The van der Waals surface area contributed by atoms with Gasteiger partial charge >= 0.3 is 0 Å². The first-order valence-electron chi connectivity index (χ1n) is 6.89. The molecule has 2 nitrogen and oxygen atoms in total. The number of fused-ring (bicyclic) bond motifs is 1. The predicted octanol–water partition coefficient (Wildman–Crippen LogP) is 3.57. The van der Waals surface area contributed by atoms with E-state index < -0.39 is 5.67 Å². The Balaban J connectivity index is 1.78. The fourth-order valence-corrected chi connectivity index (χ4v) is 3.92. The molecule has 0 radical (unpaired) electrons. The quantitative estimate of drug-likeness (QED) is 0.928. The number of nitrogens with one attached hydrogen (secondary N) is 1. The Hall–Kier alpha value is -1.00. The van der Waals surface area contributed by atoms with E-state index in [0.29, 0.717) is 6.42 Å². The fraction of sp³-hybridized carbons (Fsp3) is 0.533. The zero-order chi connectivity index (χ0) is 13.3. The first kappa shape index (κ1) is 13.0. The lowest BCUT2D eigenvalue weighted by Crippen LogP contribution is -2.42. The molecule has 4 heteroatoms. The van der Waals surface area contributed by atoms with E-state index in [1.807, 2.05) is 24.3 Å². The molecule has 102 valence electrons. The van der Waals surface area contributed by atoms with Crippen molar-refractivity contribution in [1.82, 2.24) is 10.3 Å². The molecule has 1 aromatic carbocycles. The minimum absolute atomic E-state index is 0.105. The third-order valence-corrected chi connectivity index (χ3v) is 5.02. The monoisotopic (exact) mass is 278 g/mol. The molecule has 1 N–H and O–H groups in total. The minimum atomic E-state index is -1.17. The number of aromatic nitrogens is 1. The second-order valence-corrected chi connectivity index (χ2v) is 6.69. The van der Waals surface area contributed by atoms with Gasteiger partial charge in [0.15, 0.2) is 0 Å². The number of hydrogen-bond donors (Lipinski definition) is 1. The van der Waals surface area contributed by atoms with E-state index in [1.165, 1.54) is 0 Å². The Bertz CT molecular complexity index is 525. The van der Waals surface area contributed by atoms with Crippen LogP contribution in [0, 0.1) is 5.92 Å². The number of nitrogens with zero attached hydrogens (tertiary/aromatic N) is 1. The molecule has 0 aliphatic carbocycles. The molecule has 0 saturated carbocycles. The molecule has 2 heterocycles. The SMILES string of the molecule is CC(F)(Cc1nc2ccccc2s1)C1CCCNC1. The van der Waals surface area contributed by atoms with Gasteiger partial charge in [0, 0.05) is 18.9 Å². The highest BCUT2D eigenvalue weighted by atomic mass is 32.1. The van der Waals surface area contributed by atoms with Gasteiger partial charge in [-0.15, -0.1) is 11.3 Å². The Labute approximate surface area is 117 Å². The summed E-state index contributed by atoms with van der Waals surface area (Å²) in [6, 6.07) is 8.02. The summed E-state index contributed by atoms with van der Waals surface area (Å²) >= 11 is 1.62. The van der Waals surface area contributed by atoms with E-state index in [4.69, 9.17) is 0 Å². The molecule has 3 rings (SSSR count). The van der Waals surface area contributed by atoms with Crippen LogP contribution in [0.25, 0.3) is 10.2 Å². The fourth-order valence-electron chi connectivity index (χ4n) is 2.80. The lowest BCUT2D eigenvalue weighted by Gasteiger charge is -2.33. The molecule has 2 unspecified atom stereocenters. The Morgan fingerprint density at radius 3 is 3.05 bits per heavy atom. The van der Waals surface area contributed by atoms with Gasteiger partial charge in [0.1, 0.15) is 5.67 Å². The molecule has 1 aliphatic heterocycles. The van der Waals surface area contributed by atoms with Crippen LogP contribution >= 0.6 is 11.3 Å². The third-order valence-electron chi connectivity index (χ3n) is 3.98. The lowest BCUT2D eigenvalue weighted by molar-refractivity contribution is 0.0833. The number of piperidine rings is 1. The normalized spacial score (nSPS) is 23.4. The molecule has 1 aromatic heterocycles. The topological polar surface area (TPSA) is 24.9 Å². The van der Waals surface area contributed by atoms with Crippen molar-refractivity contribution in [3.05, 3.63) is 29.3 Å². The first-order chi connectivity index (χ1) is 9.15. The van der Waals surface area contributed by atoms with Crippen LogP contribution in [-0.4, -0.2) is 23.7 Å². The van der Waals surface area contributed by atoms with Gasteiger partial charge in [0.2, 0.25) is 0 Å². The highest BCUT2D eigenvalue weighted by molar-refractivity contribution is 7.18. The number of para-hydroxylation sites is 1. The summed E-state index contributed by atoms with van der Waals surface area (Å²) in [5.74, 6) is 0.105. The summed E-state index contributed by atoms with van der Waals surface area (Å²) in [5.41, 5.74) is -0.179. The highest BCUT2D eigenvalue weighted by Crippen LogP contribution is 2.33. The predicted molar refractivity (Wildman–Crippen MR) is 78.4 cm³/mol. The number of rotatable bonds is 3. The average molecular weight is 278 g/mol. The van der Waals surface area contributed by atoms with Gasteiger partial charge in [0.25, 0.3) is 0 Å². The molecular weight excluding hydrogens is 259 g/mol. The maximum absolute atomic E-state index is 14.9. The minimum Gasteiger partial charge on any atom is -0.316 e. The molecule has 2 aromatic rings. The molecule has 0 bridgehead atoms. The number of halogens is 1. The van der Waals surface area contributed by atoms with Crippen molar-refractivity contribution >= 4 is 21.6 Å². The van der Waals surface area contributed by atoms with Gasteiger partial charge < -0.3 is 5.32 Å². The van der Waals surface area contributed by atoms with Gasteiger partial charge in [-0.1, -0.05) is 12.1 Å². The zero-order valence-corrected chi connectivity index (χ0v) is 12.0. The van der Waals surface area contributed by atoms with E-state index in [0.717, 1.165) is 41.2 Å². The van der Waals surface area contributed by atoms with Crippen molar-refractivity contribution in [2.75, 3.05) is 13.1 Å². The van der Waals surface area contributed by atoms with Gasteiger partial charge in [-0.3, -0.25) is 0 Å². The van der Waals surface area contributed by atoms with E-state index >= 15 is 0 Å². The summed E-state index contributed by atoms with van der Waals surface area (Å²) in [5, 5.41) is 4.21. The van der Waals surface area contributed by atoms with Crippen LogP contribution < -0.4 is 5.32 Å². The van der Waals surface area contributed by atoms with Crippen molar-refractivity contribution in [2.45, 2.75) is 31.9 Å². The molecule has 0 spiro atoms. The van der Waals surface area contributed by atoms with Crippen LogP contribution in [0.15, 0.2) is 24.3 Å². The van der Waals surface area contributed by atoms with Crippen molar-refractivity contribution in [3.63, 3.8) is 0 Å². The molecule has 0 amide bonds. The van der Waals surface area contributed by atoms with Crippen LogP contribution in [0.2, 0.25) is 0 Å². The third kappa shape index (κ3) is 2.79. The Kier molecular flexibility index (Phi) is 3.54. The van der Waals surface area contributed by atoms with Crippen LogP contribution in [0.1, 0.15) is 24.8 Å². The molecule has 1 saturated heterocycles. The summed E-state index contributed by atoms with van der Waals surface area (Å²) in [4.78, 5) is 4.55. The van der Waals surface area contributed by atoms with E-state index in [1.54, 1.807) is 18.3 Å². The van der Waals surface area contributed by atoms with Crippen molar-refractivity contribution in [3.8, 4) is 0 Å². The number of hydrogen-bond acceptors (Lipinski definition) is 3. The summed E-state index contributed by atoms with van der Waals surface area (Å²) in [6.45, 7) is 3.54. The van der Waals surface area contributed by atoms with E-state index in [2.05, 4.69) is 10.3 Å². The van der Waals surface area contributed by atoms with E-state index in [9.17, 15) is 4.39 Å². The molecular formula is C15H19FN2S. The zero-order valence-electron chi connectivity index (χ0n) is 11.2. The average Bonchev–Trinajstić information content (AvgIpc) is 2.81. The van der Waals surface area contributed by atoms with Crippen LogP contribution in [-0.2, 0) is 6.42 Å². The van der Waals surface area contributed by atoms with E-state index in [-0.39, 0.29) is 5.92 Å². The number of thiazole rings is 1. The van der Waals surface area contributed by atoms with Crippen LogP contribution in [0.4, 0.5) is 4.39 Å². The van der Waals surface area contributed by atoms with Crippen LogP contribution in [0.5, 0.6) is 0 Å². The molecule has 1 fully saturated rings. The standard InChI is InChI=1S/C15H19FN2S/c1-15(16,11-5-4-8-17-10-11)9-14-18-12-6-2-3-7-13(12)19-14/h2-3,6-7,11,17H,4-5,8-10H2,1H3. The lowest BCUT2D eigenvalue weighted by atomic mass is 9.83. The van der Waals surface area contributed by atoms with Gasteiger partial charge in [-0.2, -0.15) is 0 Å². The maximum atomic E-state index is 14.9. The second kappa shape index (κ2) is 5.17. The van der Waals surface area contributed by atoms with Gasteiger partial charge in [-0.25, -0.2) is 9.37 Å². The molecule has 1 aliphatic rings. The van der Waals surface area contributed by atoms with Crippen LogP contribution in [0.3, 0.4) is 0 Å².